The second-order valence-corrected chi connectivity index (χ2v) is 3.34. The zero-order valence-corrected chi connectivity index (χ0v) is 8.92. The summed E-state index contributed by atoms with van der Waals surface area (Å²) in [5.74, 6) is -0.525. The zero-order chi connectivity index (χ0) is 11.3. The Bertz CT molecular complexity index is 468. The highest BCUT2D eigenvalue weighted by Crippen LogP contribution is 2.19. The number of hydrogen-bond donors (Lipinski definition) is 1. The summed E-state index contributed by atoms with van der Waals surface area (Å²) in [5.41, 5.74) is 2.02. The Hall–Kier alpha value is -1.92. The lowest BCUT2D eigenvalue weighted by Crippen LogP contribution is -1.98. The molecule has 0 aliphatic rings. The molecule has 0 amide bonds. The second-order valence-electron chi connectivity index (χ2n) is 2.42. The summed E-state index contributed by atoms with van der Waals surface area (Å²) in [7, 11) is 0. The van der Waals surface area contributed by atoms with E-state index in [9.17, 15) is 4.39 Å². The number of anilines is 1. The number of halogens is 2. The molecule has 0 atom stereocenters. The lowest BCUT2D eigenvalue weighted by molar-refractivity contribution is 0.630. The minimum atomic E-state index is -0.525. The van der Waals surface area contributed by atoms with Crippen molar-refractivity contribution in [1.82, 2.24) is 0 Å². The predicted octanol–water partition coefficient (Wildman–Crippen LogP) is 2.40. The molecule has 1 aromatic carbocycles. The Morgan fingerprint density at radius 1 is 1.40 bits per heavy atom. The van der Waals surface area contributed by atoms with Crippen LogP contribution in [-0.4, -0.2) is 5.71 Å². The van der Waals surface area contributed by atoms with Crippen LogP contribution in [0.5, 0.6) is 0 Å². The number of nitriles is 2. The van der Waals surface area contributed by atoms with Crippen LogP contribution < -0.4 is 5.43 Å². The first kappa shape index (κ1) is 11.2. The van der Waals surface area contributed by atoms with E-state index >= 15 is 0 Å². The van der Waals surface area contributed by atoms with Gasteiger partial charge in [0, 0.05) is 4.47 Å². The van der Waals surface area contributed by atoms with Crippen molar-refractivity contribution in [1.29, 1.82) is 10.5 Å². The molecule has 6 heteroatoms. The first-order chi connectivity index (χ1) is 7.17. The molecule has 0 heterocycles. The molecule has 1 rings (SSSR count). The fraction of sp³-hybridized carbons (Fsp3) is 0. The van der Waals surface area contributed by atoms with E-state index in [0.717, 1.165) is 0 Å². The minimum Gasteiger partial charge on any atom is -0.274 e. The Kier molecular flexibility index (Phi) is 3.78. The van der Waals surface area contributed by atoms with Crippen LogP contribution in [0.25, 0.3) is 0 Å². The fourth-order valence-electron chi connectivity index (χ4n) is 0.771. The van der Waals surface area contributed by atoms with Crippen LogP contribution in [0.1, 0.15) is 0 Å². The minimum absolute atomic E-state index is 0.0983. The Morgan fingerprint density at radius 2 is 2.07 bits per heavy atom. The molecule has 0 unspecified atom stereocenters. The summed E-state index contributed by atoms with van der Waals surface area (Å²) in [6.07, 6.45) is 0. The van der Waals surface area contributed by atoms with Gasteiger partial charge in [0.25, 0.3) is 0 Å². The van der Waals surface area contributed by atoms with E-state index < -0.39 is 5.82 Å². The first-order valence-corrected chi connectivity index (χ1v) is 4.55. The third-order valence-electron chi connectivity index (χ3n) is 1.43. The molecule has 0 spiro atoms. The lowest BCUT2D eigenvalue weighted by atomic mass is 10.3. The number of nitrogens with zero attached hydrogens (tertiary/aromatic N) is 3. The molecule has 4 nitrogen and oxygen atoms in total. The van der Waals surface area contributed by atoms with Gasteiger partial charge < -0.3 is 0 Å². The maximum absolute atomic E-state index is 13.2. The van der Waals surface area contributed by atoms with E-state index in [1.165, 1.54) is 12.1 Å². The molecule has 0 saturated carbocycles. The van der Waals surface area contributed by atoms with Crippen LogP contribution in [-0.2, 0) is 0 Å². The van der Waals surface area contributed by atoms with E-state index in [-0.39, 0.29) is 11.4 Å². The van der Waals surface area contributed by atoms with Gasteiger partial charge in [-0.25, -0.2) is 4.39 Å². The van der Waals surface area contributed by atoms with Gasteiger partial charge in [-0.1, -0.05) is 15.9 Å². The van der Waals surface area contributed by atoms with Crippen LogP contribution in [0.2, 0.25) is 0 Å². The van der Waals surface area contributed by atoms with Crippen LogP contribution in [0.15, 0.2) is 27.8 Å². The van der Waals surface area contributed by atoms with E-state index in [0.29, 0.717) is 4.47 Å². The van der Waals surface area contributed by atoms with Crippen molar-refractivity contribution < 1.29 is 4.39 Å². The molecule has 0 radical (unpaired) electrons. The van der Waals surface area contributed by atoms with Gasteiger partial charge in [-0.3, -0.25) is 5.43 Å². The van der Waals surface area contributed by atoms with Crippen molar-refractivity contribution in [2.24, 2.45) is 5.10 Å². The van der Waals surface area contributed by atoms with Crippen molar-refractivity contribution in [3.8, 4) is 12.1 Å². The Labute approximate surface area is 93.8 Å². The van der Waals surface area contributed by atoms with Crippen molar-refractivity contribution in [3.63, 3.8) is 0 Å². The molecular formula is C9H4BrFN4. The first-order valence-electron chi connectivity index (χ1n) is 3.76. The summed E-state index contributed by atoms with van der Waals surface area (Å²) in [4.78, 5) is 0. The van der Waals surface area contributed by atoms with E-state index in [4.69, 9.17) is 10.5 Å². The molecule has 74 valence electrons. The largest absolute Gasteiger partial charge is 0.274 e. The monoisotopic (exact) mass is 266 g/mol. The smallest absolute Gasteiger partial charge is 0.237 e. The SMILES string of the molecule is N#CC(C#N)=NNc1ccc(Br)cc1F. The molecule has 0 aliphatic heterocycles. The summed E-state index contributed by atoms with van der Waals surface area (Å²) >= 11 is 3.10. The fourth-order valence-corrected chi connectivity index (χ4v) is 1.10. The molecule has 0 saturated heterocycles. The van der Waals surface area contributed by atoms with Crippen molar-refractivity contribution in [2.45, 2.75) is 0 Å². The quantitative estimate of drug-likeness (QED) is 0.660. The maximum atomic E-state index is 13.2. The summed E-state index contributed by atoms with van der Waals surface area (Å²) < 4.78 is 13.8. The average Bonchev–Trinajstić information content (AvgIpc) is 2.22. The van der Waals surface area contributed by atoms with Crippen LogP contribution in [0.4, 0.5) is 10.1 Å². The van der Waals surface area contributed by atoms with Crippen LogP contribution in [0, 0.1) is 28.5 Å². The highest BCUT2D eigenvalue weighted by molar-refractivity contribution is 9.10. The lowest BCUT2D eigenvalue weighted by Gasteiger charge is -2.01. The third kappa shape index (κ3) is 3.04. The van der Waals surface area contributed by atoms with Gasteiger partial charge in [0.2, 0.25) is 5.71 Å². The number of rotatable bonds is 2. The number of hydrazone groups is 1. The van der Waals surface area contributed by atoms with Gasteiger partial charge in [-0.15, -0.1) is 0 Å². The second kappa shape index (κ2) is 5.08. The van der Waals surface area contributed by atoms with Gasteiger partial charge in [0.1, 0.15) is 18.0 Å². The molecule has 0 bridgehead atoms. The molecule has 0 aliphatic carbocycles. The summed E-state index contributed by atoms with van der Waals surface area (Å²) in [5, 5.41) is 20.2. The average molecular weight is 267 g/mol. The molecule has 0 aromatic heterocycles. The van der Waals surface area contributed by atoms with Gasteiger partial charge >= 0.3 is 0 Å². The summed E-state index contributed by atoms with van der Waals surface area (Å²) in [6.45, 7) is 0. The number of nitrogens with one attached hydrogen (secondary N) is 1. The summed E-state index contributed by atoms with van der Waals surface area (Å²) in [6, 6.07) is 7.39. The van der Waals surface area contributed by atoms with Gasteiger partial charge in [0.05, 0.1) is 5.69 Å². The van der Waals surface area contributed by atoms with E-state index in [1.807, 2.05) is 0 Å². The topological polar surface area (TPSA) is 72.0 Å². The third-order valence-corrected chi connectivity index (χ3v) is 1.92. The predicted molar refractivity (Wildman–Crippen MR) is 56.4 cm³/mol. The zero-order valence-electron chi connectivity index (χ0n) is 7.33. The highest BCUT2D eigenvalue weighted by Gasteiger charge is 2.01. The van der Waals surface area contributed by atoms with E-state index in [2.05, 4.69) is 26.5 Å². The molecule has 1 N–H and O–H groups in total. The van der Waals surface area contributed by atoms with Gasteiger partial charge in [-0.05, 0) is 18.2 Å². The van der Waals surface area contributed by atoms with Crippen LogP contribution in [0.3, 0.4) is 0 Å². The van der Waals surface area contributed by atoms with Gasteiger partial charge in [-0.2, -0.15) is 15.6 Å². The molecular weight excluding hydrogens is 263 g/mol. The highest BCUT2D eigenvalue weighted by atomic mass is 79.9. The Morgan fingerprint density at radius 3 is 2.60 bits per heavy atom. The standard InChI is InChI=1S/C9H4BrFN4/c10-6-1-2-9(8(11)3-6)15-14-7(4-12)5-13/h1-3,15H. The molecule has 0 fully saturated rings. The normalized spacial score (nSPS) is 8.53. The van der Waals surface area contributed by atoms with Crippen molar-refractivity contribution >= 4 is 27.3 Å². The molecule has 1 aromatic rings. The van der Waals surface area contributed by atoms with Gasteiger partial charge in [0.15, 0.2) is 0 Å². The number of hydrogen-bond acceptors (Lipinski definition) is 4. The van der Waals surface area contributed by atoms with E-state index in [1.54, 1.807) is 18.2 Å². The Balaban J connectivity index is 2.89. The van der Waals surface area contributed by atoms with Crippen LogP contribution >= 0.6 is 15.9 Å². The number of benzene rings is 1. The molecule has 15 heavy (non-hydrogen) atoms. The maximum Gasteiger partial charge on any atom is 0.237 e. The van der Waals surface area contributed by atoms with Crippen molar-refractivity contribution in [2.75, 3.05) is 5.43 Å². The van der Waals surface area contributed by atoms with Crippen molar-refractivity contribution in [3.05, 3.63) is 28.5 Å².